The maximum absolute atomic E-state index is 13.5. The molecule has 0 fully saturated rings. The highest BCUT2D eigenvalue weighted by atomic mass is 35.5. The van der Waals surface area contributed by atoms with Gasteiger partial charge in [0.25, 0.3) is 10.0 Å². The topological polar surface area (TPSA) is 101 Å². The summed E-state index contributed by atoms with van der Waals surface area (Å²) in [6.45, 7) is 0. The third kappa shape index (κ3) is 5.42. The van der Waals surface area contributed by atoms with E-state index < -0.39 is 27.5 Å². The predicted octanol–water partition coefficient (Wildman–Crippen LogP) is 5.70. The lowest BCUT2D eigenvalue weighted by atomic mass is 9.84. The van der Waals surface area contributed by atoms with Gasteiger partial charge in [-0.3, -0.25) is 14.3 Å². The second-order valence-electron chi connectivity index (χ2n) is 7.73. The maximum Gasteiger partial charge on any atom is 0.261 e. The highest BCUT2D eigenvalue weighted by Crippen LogP contribution is 2.34. The minimum atomic E-state index is -3.99. The van der Waals surface area contributed by atoms with Crippen molar-refractivity contribution in [2.75, 3.05) is 4.72 Å². The van der Waals surface area contributed by atoms with Crippen LogP contribution >= 0.6 is 11.6 Å². The van der Waals surface area contributed by atoms with Gasteiger partial charge < -0.3 is 5.11 Å². The number of Topliss-reactive ketones (excluding diaryl/α,β-unsaturated/α-hetero) is 2. The van der Waals surface area contributed by atoms with Gasteiger partial charge in [-0.25, -0.2) is 8.42 Å². The van der Waals surface area contributed by atoms with Crippen LogP contribution < -0.4 is 4.72 Å². The normalized spacial score (nSPS) is 11.3. The van der Waals surface area contributed by atoms with E-state index in [1.54, 1.807) is 60.7 Å². The number of sulfonamides is 1. The molecule has 0 atom stereocenters. The molecule has 0 amide bonds. The Bertz CT molecular complexity index is 1420. The zero-order valence-electron chi connectivity index (χ0n) is 18.3. The first kappa shape index (κ1) is 24.2. The molecule has 0 spiro atoms. The summed E-state index contributed by atoms with van der Waals surface area (Å²) < 4.78 is 28.1. The molecular formula is C27H20ClNO5S. The van der Waals surface area contributed by atoms with Crippen LogP contribution in [0.2, 0.25) is 5.02 Å². The summed E-state index contributed by atoms with van der Waals surface area (Å²) in [5.41, 5.74) is 0.644. The Morgan fingerprint density at radius 2 is 1.26 bits per heavy atom. The third-order valence-electron chi connectivity index (χ3n) is 5.36. The molecule has 0 bridgehead atoms. The van der Waals surface area contributed by atoms with Gasteiger partial charge in [-0.05, 0) is 42.5 Å². The van der Waals surface area contributed by atoms with Crippen LogP contribution in [-0.2, 0) is 10.0 Å². The molecule has 0 radical (unpaired) electrons. The average Bonchev–Trinajstić information content (AvgIpc) is 2.87. The number of carbonyl (C=O) groups is 2. The molecule has 4 aromatic carbocycles. The molecule has 0 aliphatic carbocycles. The fourth-order valence-corrected chi connectivity index (χ4v) is 4.79. The molecule has 0 saturated heterocycles. The lowest BCUT2D eigenvalue weighted by Crippen LogP contribution is -2.23. The lowest BCUT2D eigenvalue weighted by Gasteiger charge is -2.18. The highest BCUT2D eigenvalue weighted by Gasteiger charge is 2.32. The van der Waals surface area contributed by atoms with Crippen LogP contribution in [-0.4, -0.2) is 25.1 Å². The number of halogens is 1. The van der Waals surface area contributed by atoms with Gasteiger partial charge in [0.2, 0.25) is 0 Å². The number of hydrogen-bond acceptors (Lipinski definition) is 5. The average molecular weight is 506 g/mol. The van der Waals surface area contributed by atoms with Gasteiger partial charge in [-0.1, -0.05) is 72.3 Å². The molecule has 176 valence electrons. The minimum absolute atomic E-state index is 0.0102. The molecule has 0 aliphatic rings. The van der Waals surface area contributed by atoms with Gasteiger partial charge in [0.15, 0.2) is 11.6 Å². The number of rotatable bonds is 8. The monoisotopic (exact) mass is 505 g/mol. The molecule has 6 nitrogen and oxygen atoms in total. The van der Waals surface area contributed by atoms with Gasteiger partial charge in [-0.15, -0.1) is 0 Å². The Labute approximate surface area is 207 Å². The smallest absolute Gasteiger partial charge is 0.261 e. The highest BCUT2D eigenvalue weighted by molar-refractivity contribution is 7.92. The van der Waals surface area contributed by atoms with Crippen LogP contribution in [0.15, 0.2) is 108 Å². The van der Waals surface area contributed by atoms with Crippen molar-refractivity contribution in [3.63, 3.8) is 0 Å². The predicted molar refractivity (Wildman–Crippen MR) is 135 cm³/mol. The van der Waals surface area contributed by atoms with Gasteiger partial charge in [0.1, 0.15) is 11.7 Å². The Hall–Kier alpha value is -3.94. The van der Waals surface area contributed by atoms with E-state index in [2.05, 4.69) is 4.72 Å². The van der Waals surface area contributed by atoms with Crippen molar-refractivity contribution in [3.8, 4) is 5.75 Å². The largest absolute Gasteiger partial charge is 0.508 e. The van der Waals surface area contributed by atoms with Crippen molar-refractivity contribution in [1.29, 1.82) is 0 Å². The van der Waals surface area contributed by atoms with Crippen molar-refractivity contribution >= 4 is 38.9 Å². The molecule has 4 aromatic rings. The molecule has 4 rings (SSSR count). The van der Waals surface area contributed by atoms with Crippen LogP contribution in [0.4, 0.5) is 5.69 Å². The number of hydrogen-bond donors (Lipinski definition) is 2. The van der Waals surface area contributed by atoms with E-state index >= 15 is 0 Å². The number of nitrogens with one attached hydrogen (secondary N) is 1. The second kappa shape index (κ2) is 10.1. The summed E-state index contributed by atoms with van der Waals surface area (Å²) in [7, 11) is -3.99. The fraction of sp³-hybridized carbons (Fsp3) is 0.0370. The van der Waals surface area contributed by atoms with Crippen molar-refractivity contribution in [3.05, 3.63) is 125 Å². The summed E-state index contributed by atoms with van der Waals surface area (Å²) >= 11 is 5.85. The summed E-state index contributed by atoms with van der Waals surface area (Å²) in [5, 5.41) is 11.0. The maximum atomic E-state index is 13.5. The number of phenolic OH excluding ortho intramolecular Hbond substituents is 1. The van der Waals surface area contributed by atoms with E-state index in [1.165, 1.54) is 42.5 Å². The van der Waals surface area contributed by atoms with E-state index in [-0.39, 0.29) is 33.0 Å². The number of anilines is 1. The lowest BCUT2D eigenvalue weighted by molar-refractivity contribution is 0.0858. The third-order valence-corrected chi connectivity index (χ3v) is 7.00. The first-order valence-electron chi connectivity index (χ1n) is 10.6. The molecule has 0 unspecified atom stereocenters. The molecule has 2 N–H and O–H groups in total. The van der Waals surface area contributed by atoms with E-state index in [0.29, 0.717) is 5.02 Å². The molecular weight excluding hydrogens is 486 g/mol. The molecule has 0 saturated carbocycles. The van der Waals surface area contributed by atoms with Gasteiger partial charge in [0, 0.05) is 27.4 Å². The summed E-state index contributed by atoms with van der Waals surface area (Å²) in [6.07, 6.45) is 0. The summed E-state index contributed by atoms with van der Waals surface area (Å²) in [5.74, 6) is -2.74. The Morgan fingerprint density at radius 1 is 0.743 bits per heavy atom. The van der Waals surface area contributed by atoms with Crippen molar-refractivity contribution in [1.82, 2.24) is 0 Å². The Balaban J connectivity index is 1.77. The van der Waals surface area contributed by atoms with Crippen molar-refractivity contribution in [2.24, 2.45) is 0 Å². The zero-order valence-corrected chi connectivity index (χ0v) is 19.8. The van der Waals surface area contributed by atoms with E-state index in [4.69, 9.17) is 11.6 Å². The number of benzene rings is 4. The quantitative estimate of drug-likeness (QED) is 0.182. The van der Waals surface area contributed by atoms with Crippen LogP contribution in [0.1, 0.15) is 32.2 Å². The summed E-state index contributed by atoms with van der Waals surface area (Å²) in [4.78, 5) is 26.9. The SMILES string of the molecule is O=C(c1ccccc1)C(C(=O)c1ccccc1)c1cc(NS(=O)(=O)c2ccc(Cl)cc2)ccc1O. The van der Waals surface area contributed by atoms with Crippen LogP contribution in [0.25, 0.3) is 0 Å². The Kier molecular flexibility index (Phi) is 7.00. The van der Waals surface area contributed by atoms with Crippen LogP contribution in [0, 0.1) is 0 Å². The van der Waals surface area contributed by atoms with Crippen molar-refractivity contribution in [2.45, 2.75) is 10.8 Å². The first-order valence-corrected chi connectivity index (χ1v) is 12.4. The van der Waals surface area contributed by atoms with E-state index in [9.17, 15) is 23.1 Å². The minimum Gasteiger partial charge on any atom is -0.508 e. The summed E-state index contributed by atoms with van der Waals surface area (Å²) in [6, 6.07) is 26.0. The van der Waals surface area contributed by atoms with Gasteiger partial charge >= 0.3 is 0 Å². The second-order valence-corrected chi connectivity index (χ2v) is 9.85. The molecule has 0 aromatic heterocycles. The van der Waals surface area contributed by atoms with Crippen LogP contribution in [0.5, 0.6) is 5.75 Å². The Morgan fingerprint density at radius 3 is 1.77 bits per heavy atom. The number of carbonyl (C=O) groups excluding carboxylic acids is 2. The van der Waals surface area contributed by atoms with Crippen LogP contribution in [0.3, 0.4) is 0 Å². The van der Waals surface area contributed by atoms with Gasteiger partial charge in [0.05, 0.1) is 4.90 Å². The molecule has 0 aliphatic heterocycles. The van der Waals surface area contributed by atoms with E-state index in [0.717, 1.165) is 0 Å². The molecule has 8 heteroatoms. The fourth-order valence-electron chi connectivity index (χ4n) is 3.62. The number of aromatic hydroxyl groups is 1. The molecule has 35 heavy (non-hydrogen) atoms. The van der Waals surface area contributed by atoms with E-state index in [1.807, 2.05) is 0 Å². The first-order chi connectivity index (χ1) is 16.8. The van der Waals surface area contributed by atoms with Gasteiger partial charge in [-0.2, -0.15) is 0 Å². The number of phenols is 1. The van der Waals surface area contributed by atoms with Crippen molar-refractivity contribution < 1.29 is 23.1 Å². The zero-order chi connectivity index (χ0) is 25.0. The molecule has 0 heterocycles. The number of ketones is 2. The standard InChI is InChI=1S/C27H20ClNO5S/c28-20-11-14-22(15-12-20)35(33,34)29-21-13-16-24(30)23(17-21)25(26(31)18-7-3-1-4-8-18)27(32)19-9-5-2-6-10-19/h1-17,25,29-30H.